The number of fused-ring (bicyclic) bond motifs is 3. The van der Waals surface area contributed by atoms with Gasteiger partial charge in [-0.25, -0.2) is 4.98 Å². The number of carbonyl (C=O) groups is 1. The number of thioether (sulfide) groups is 1. The molecule has 0 spiro atoms. The molecule has 0 saturated carbocycles. The van der Waals surface area contributed by atoms with Crippen LogP contribution in [0.2, 0.25) is 10.0 Å². The first kappa shape index (κ1) is 27.1. The molecule has 0 bridgehead atoms. The van der Waals surface area contributed by atoms with Crippen molar-refractivity contribution < 1.29 is 18.0 Å². The maximum Gasteiger partial charge on any atom is 0.417 e. The number of thiophene rings is 1. The van der Waals surface area contributed by atoms with E-state index in [1.165, 1.54) is 17.4 Å². The Morgan fingerprint density at radius 1 is 1.21 bits per heavy atom. The molecular formula is C26H20Cl2F3N3O2S2. The van der Waals surface area contributed by atoms with E-state index >= 15 is 0 Å². The van der Waals surface area contributed by atoms with Crippen LogP contribution in [-0.2, 0) is 23.8 Å². The van der Waals surface area contributed by atoms with Crippen LogP contribution >= 0.6 is 46.3 Å². The summed E-state index contributed by atoms with van der Waals surface area (Å²) in [5.41, 5.74) is -0.0880. The first-order valence-electron chi connectivity index (χ1n) is 11.6. The van der Waals surface area contributed by atoms with Gasteiger partial charge in [-0.2, -0.15) is 13.2 Å². The van der Waals surface area contributed by atoms with Gasteiger partial charge in [-0.05, 0) is 73.2 Å². The minimum Gasteiger partial charge on any atom is -0.325 e. The minimum absolute atomic E-state index is 0.0224. The predicted octanol–water partition coefficient (Wildman–Crippen LogP) is 7.63. The highest BCUT2D eigenvalue weighted by molar-refractivity contribution is 7.99. The van der Waals surface area contributed by atoms with Crippen molar-refractivity contribution in [3.05, 3.63) is 78.9 Å². The molecule has 0 unspecified atom stereocenters. The third kappa shape index (κ3) is 5.45. The number of nitrogens with zero attached hydrogens (tertiary/aromatic N) is 2. The van der Waals surface area contributed by atoms with E-state index in [1.54, 1.807) is 24.3 Å². The summed E-state index contributed by atoms with van der Waals surface area (Å²) in [5, 5.41) is 3.33. The summed E-state index contributed by atoms with van der Waals surface area (Å²) in [4.78, 5) is 32.8. The zero-order valence-electron chi connectivity index (χ0n) is 19.9. The highest BCUT2D eigenvalue weighted by Crippen LogP contribution is 2.39. The number of alkyl halides is 3. The molecule has 1 aliphatic rings. The Bertz CT molecular complexity index is 1600. The first-order chi connectivity index (χ1) is 18.0. The van der Waals surface area contributed by atoms with Gasteiger partial charge in [0.05, 0.1) is 27.4 Å². The molecular weight excluding hydrogens is 578 g/mol. The third-order valence-corrected chi connectivity index (χ3v) is 8.94. The zero-order valence-corrected chi connectivity index (χ0v) is 23.0. The first-order valence-corrected chi connectivity index (χ1v) is 14.2. The highest BCUT2D eigenvalue weighted by Gasteiger charge is 2.34. The van der Waals surface area contributed by atoms with Crippen LogP contribution in [0, 0.1) is 5.92 Å². The molecule has 2 heterocycles. The van der Waals surface area contributed by atoms with Crippen molar-refractivity contribution in [1.82, 2.24) is 9.55 Å². The summed E-state index contributed by atoms with van der Waals surface area (Å²) < 4.78 is 42.1. The van der Waals surface area contributed by atoms with E-state index in [9.17, 15) is 22.8 Å². The molecule has 0 fully saturated rings. The monoisotopic (exact) mass is 597 g/mol. The van der Waals surface area contributed by atoms with Gasteiger partial charge >= 0.3 is 6.18 Å². The van der Waals surface area contributed by atoms with Gasteiger partial charge in [0.1, 0.15) is 4.83 Å². The van der Waals surface area contributed by atoms with Gasteiger partial charge in [0.15, 0.2) is 5.16 Å². The third-order valence-electron chi connectivity index (χ3n) is 6.27. The van der Waals surface area contributed by atoms with Crippen LogP contribution in [0.1, 0.15) is 29.3 Å². The molecule has 1 N–H and O–H groups in total. The van der Waals surface area contributed by atoms with Gasteiger partial charge in [-0.15, -0.1) is 11.3 Å². The maximum atomic E-state index is 13.9. The van der Waals surface area contributed by atoms with E-state index in [0.717, 1.165) is 51.7 Å². The fraction of sp³-hybridized carbons (Fsp3) is 0.269. The molecule has 2 aromatic carbocycles. The fourth-order valence-electron chi connectivity index (χ4n) is 4.43. The molecule has 5 nitrogen and oxygen atoms in total. The van der Waals surface area contributed by atoms with Gasteiger partial charge in [0.25, 0.3) is 5.56 Å². The van der Waals surface area contributed by atoms with Crippen LogP contribution < -0.4 is 10.9 Å². The van der Waals surface area contributed by atoms with Crippen molar-refractivity contribution in [3.8, 4) is 5.69 Å². The second-order valence-electron chi connectivity index (χ2n) is 9.07. The molecule has 198 valence electrons. The SMILES string of the molecule is C[C@H]1CCc2c(sc3nc(SCC(=O)Nc4ccc(Cl)cc4)n(-c4ccc(Cl)c(C(F)(F)F)c4)c(=O)c23)C1. The van der Waals surface area contributed by atoms with Crippen molar-refractivity contribution in [2.24, 2.45) is 5.92 Å². The maximum absolute atomic E-state index is 13.9. The average Bonchev–Trinajstić information content (AvgIpc) is 3.21. The Morgan fingerprint density at radius 3 is 2.66 bits per heavy atom. The lowest BCUT2D eigenvalue weighted by Crippen LogP contribution is -2.24. The second kappa shape index (κ2) is 10.6. The Labute approximate surface area is 234 Å². The summed E-state index contributed by atoms with van der Waals surface area (Å²) in [7, 11) is 0. The number of benzene rings is 2. The number of anilines is 1. The topological polar surface area (TPSA) is 64.0 Å². The summed E-state index contributed by atoms with van der Waals surface area (Å²) >= 11 is 14.1. The van der Waals surface area contributed by atoms with Crippen molar-refractivity contribution in [2.75, 3.05) is 11.1 Å². The van der Waals surface area contributed by atoms with E-state index in [-0.39, 0.29) is 22.5 Å². The zero-order chi connectivity index (χ0) is 27.2. The molecule has 5 rings (SSSR count). The molecule has 1 aliphatic carbocycles. The molecule has 4 aromatic rings. The van der Waals surface area contributed by atoms with Crippen LogP contribution in [0.5, 0.6) is 0 Å². The molecule has 0 saturated heterocycles. The van der Waals surface area contributed by atoms with Gasteiger partial charge < -0.3 is 5.32 Å². The lowest BCUT2D eigenvalue weighted by atomic mass is 9.89. The lowest BCUT2D eigenvalue weighted by molar-refractivity contribution is -0.137. The van der Waals surface area contributed by atoms with E-state index in [2.05, 4.69) is 17.2 Å². The Kier molecular flexibility index (Phi) is 7.52. The molecule has 1 amide bonds. The van der Waals surface area contributed by atoms with E-state index < -0.39 is 22.3 Å². The van der Waals surface area contributed by atoms with Crippen LogP contribution in [0.25, 0.3) is 15.9 Å². The van der Waals surface area contributed by atoms with Crippen molar-refractivity contribution >= 4 is 68.1 Å². The fourth-order valence-corrected chi connectivity index (χ4v) is 7.01. The number of rotatable bonds is 5. The van der Waals surface area contributed by atoms with Gasteiger partial charge in [-0.3, -0.25) is 14.2 Å². The molecule has 1 atom stereocenters. The Hall–Kier alpha value is -2.53. The molecule has 0 aliphatic heterocycles. The number of hydrogen-bond donors (Lipinski definition) is 1. The summed E-state index contributed by atoms with van der Waals surface area (Å²) in [6, 6.07) is 9.87. The average molecular weight is 598 g/mol. The molecule has 2 aromatic heterocycles. The molecule has 38 heavy (non-hydrogen) atoms. The molecule has 12 heteroatoms. The van der Waals surface area contributed by atoms with Crippen LogP contribution in [0.4, 0.5) is 18.9 Å². The second-order valence-corrected chi connectivity index (χ2v) is 11.9. The standard InChI is InChI=1S/C26H20Cl2F3N3O2S2/c1-13-2-8-17-20(10-13)38-23-22(17)24(36)34(16-7-9-19(28)18(11-16)26(29,30)31)25(33-23)37-12-21(35)32-15-5-3-14(27)4-6-15/h3-7,9,11,13H,2,8,10,12H2,1H3,(H,32,35)/t13-/m0/s1. The van der Waals surface area contributed by atoms with Gasteiger partial charge in [0, 0.05) is 15.6 Å². The van der Waals surface area contributed by atoms with Crippen LogP contribution in [-0.4, -0.2) is 21.2 Å². The number of halogens is 5. The van der Waals surface area contributed by atoms with Crippen LogP contribution in [0.3, 0.4) is 0 Å². The smallest absolute Gasteiger partial charge is 0.325 e. The van der Waals surface area contributed by atoms with E-state index in [0.29, 0.717) is 33.3 Å². The number of amides is 1. The number of aromatic nitrogens is 2. The highest BCUT2D eigenvalue weighted by atomic mass is 35.5. The Balaban J connectivity index is 1.58. The molecule has 0 radical (unpaired) electrons. The quantitative estimate of drug-likeness (QED) is 0.190. The summed E-state index contributed by atoms with van der Waals surface area (Å²) in [5.74, 6) is -0.0269. The number of aryl methyl sites for hydroxylation is 1. The van der Waals surface area contributed by atoms with E-state index in [4.69, 9.17) is 23.2 Å². The van der Waals surface area contributed by atoms with Crippen molar-refractivity contribution in [1.29, 1.82) is 0 Å². The Morgan fingerprint density at radius 2 is 1.95 bits per heavy atom. The minimum atomic E-state index is -4.71. The number of carbonyl (C=O) groups excluding carboxylic acids is 1. The lowest BCUT2D eigenvalue weighted by Gasteiger charge is -2.18. The summed E-state index contributed by atoms with van der Waals surface area (Å²) in [6.45, 7) is 2.14. The van der Waals surface area contributed by atoms with Crippen molar-refractivity contribution in [2.45, 2.75) is 37.5 Å². The summed E-state index contributed by atoms with van der Waals surface area (Å²) in [6.07, 6.45) is -2.27. The van der Waals surface area contributed by atoms with Crippen molar-refractivity contribution in [3.63, 3.8) is 0 Å². The predicted molar refractivity (Wildman–Crippen MR) is 147 cm³/mol. The van der Waals surface area contributed by atoms with Crippen LogP contribution in [0.15, 0.2) is 52.4 Å². The largest absolute Gasteiger partial charge is 0.417 e. The van der Waals surface area contributed by atoms with Gasteiger partial charge in [-0.1, -0.05) is 41.9 Å². The van der Waals surface area contributed by atoms with E-state index in [1.807, 2.05) is 0 Å². The normalized spacial score (nSPS) is 15.5. The number of nitrogens with one attached hydrogen (secondary N) is 1. The van der Waals surface area contributed by atoms with Gasteiger partial charge in [0.2, 0.25) is 5.91 Å². The number of hydrogen-bond acceptors (Lipinski definition) is 5.